The summed E-state index contributed by atoms with van der Waals surface area (Å²) in [6, 6.07) is 50.2. The summed E-state index contributed by atoms with van der Waals surface area (Å²) >= 11 is 0. The van der Waals surface area contributed by atoms with Gasteiger partial charge in [-0.25, -0.2) is 0 Å². The van der Waals surface area contributed by atoms with Gasteiger partial charge in [-0.05, 0) is 165 Å². The molecule has 0 amide bonds. The van der Waals surface area contributed by atoms with Gasteiger partial charge in [-0.1, -0.05) is 139 Å². The number of nitro benzene ring substituents is 2. The Labute approximate surface area is 368 Å². The summed E-state index contributed by atoms with van der Waals surface area (Å²) in [4.78, 5) is 23.4. The predicted molar refractivity (Wildman–Crippen MR) is 268 cm³/mol. The van der Waals surface area contributed by atoms with Crippen molar-refractivity contribution in [1.29, 1.82) is 0 Å². The van der Waals surface area contributed by atoms with Crippen LogP contribution in [-0.2, 0) is 10.8 Å². The zero-order chi connectivity index (χ0) is 44.1. The highest BCUT2D eigenvalue weighted by Gasteiger charge is 2.28. The predicted octanol–water partition coefficient (Wildman–Crippen LogP) is 16.7. The molecule has 0 N–H and O–H groups in total. The summed E-state index contributed by atoms with van der Waals surface area (Å²) in [6.07, 6.45) is 0. The van der Waals surface area contributed by atoms with Gasteiger partial charge in [0.25, 0.3) is 11.4 Å². The van der Waals surface area contributed by atoms with Crippen LogP contribution in [0.25, 0.3) is 119 Å². The van der Waals surface area contributed by atoms with Crippen molar-refractivity contribution in [1.82, 2.24) is 0 Å². The minimum absolute atomic E-state index is 0.0434. The monoisotopic (exact) mass is 830 g/mol. The molecule has 0 radical (unpaired) electrons. The Balaban J connectivity index is 1.40. The number of hydrogen-bond acceptors (Lipinski definition) is 4. The summed E-state index contributed by atoms with van der Waals surface area (Å²) < 4.78 is 0. The fourth-order valence-electron chi connectivity index (χ4n) is 10.9. The minimum atomic E-state index is -0.341. The Bertz CT molecular complexity index is 3700. The second-order valence-electron chi connectivity index (χ2n) is 19.7. The van der Waals surface area contributed by atoms with E-state index in [-0.39, 0.29) is 32.1 Å². The zero-order valence-corrected chi connectivity index (χ0v) is 36.4. The smallest absolute Gasteiger partial charge is 0.258 e. The Hall–Kier alpha value is -7.70. The van der Waals surface area contributed by atoms with Crippen molar-refractivity contribution in [2.75, 3.05) is 0 Å². The number of hydrogen-bond donors (Lipinski definition) is 0. The standard InChI is InChI=1S/C58H42N2O4/c1-57(2,3)37-27-33-15-23-43-49(31-11-19-39(20-12-31)59(61)62)53-41-9-7-8-10-42(41)54-50(32-13-21-40(22-14-32)60(63)64)44-24-16-34-28-38(58(4,5)6)30-36-18-26-46(52(44)48(34)36)56(54)55(53)45-25-17-35(29-37)47(33)51(43)45/h7-30H,1-6H3. The Morgan fingerprint density at radius 1 is 0.344 bits per heavy atom. The first kappa shape index (κ1) is 38.0. The SMILES string of the molecule is CC(C)(C)c1cc2ccc3c(-c4ccc([N+](=O)[O-])cc4)c4c5ccccc5c5c(-c6ccc([N+](=O)[O-])cc6)c6ccc7cc(C(C)(C)C)cc8ccc(c6c78)c5c4c4ccc(c1)c2c34. The summed E-state index contributed by atoms with van der Waals surface area (Å²) in [5.74, 6) is 0. The van der Waals surface area contributed by atoms with Crippen LogP contribution in [0.2, 0.25) is 0 Å². The Kier molecular flexibility index (Phi) is 7.68. The quantitative estimate of drug-likeness (QED) is 0.0765. The van der Waals surface area contributed by atoms with Gasteiger partial charge in [0, 0.05) is 24.3 Å². The molecule has 0 aliphatic heterocycles. The molecule has 6 nitrogen and oxygen atoms in total. The molecule has 0 atom stereocenters. The van der Waals surface area contributed by atoms with E-state index >= 15 is 0 Å². The topological polar surface area (TPSA) is 86.3 Å². The van der Waals surface area contributed by atoms with Gasteiger partial charge in [0.15, 0.2) is 0 Å². The van der Waals surface area contributed by atoms with Crippen molar-refractivity contribution in [2.45, 2.75) is 52.4 Å². The van der Waals surface area contributed by atoms with E-state index in [9.17, 15) is 20.2 Å². The van der Waals surface area contributed by atoms with Crippen LogP contribution in [0, 0.1) is 20.2 Å². The second-order valence-corrected chi connectivity index (χ2v) is 19.7. The normalized spacial score (nSPS) is 12.8. The van der Waals surface area contributed by atoms with Crippen LogP contribution in [0.1, 0.15) is 52.7 Å². The maximum atomic E-state index is 12.0. The molecule has 0 saturated carbocycles. The van der Waals surface area contributed by atoms with Crippen molar-refractivity contribution >= 4 is 108 Å². The van der Waals surface area contributed by atoms with Gasteiger partial charge in [-0.2, -0.15) is 0 Å². The molecule has 0 saturated heterocycles. The van der Waals surface area contributed by atoms with E-state index < -0.39 is 0 Å². The number of benzene rings is 12. The largest absolute Gasteiger partial charge is 0.269 e. The average molecular weight is 831 g/mol. The molecule has 0 spiro atoms. The average Bonchev–Trinajstić information content (AvgIpc) is 3.28. The molecular weight excluding hydrogens is 789 g/mol. The van der Waals surface area contributed by atoms with Crippen molar-refractivity contribution in [2.24, 2.45) is 0 Å². The van der Waals surface area contributed by atoms with Crippen LogP contribution >= 0.6 is 0 Å². The van der Waals surface area contributed by atoms with E-state index in [4.69, 9.17) is 0 Å². The van der Waals surface area contributed by atoms with Crippen molar-refractivity contribution < 1.29 is 9.85 Å². The summed E-state index contributed by atoms with van der Waals surface area (Å²) in [7, 11) is 0. The van der Waals surface area contributed by atoms with Crippen LogP contribution in [0.3, 0.4) is 0 Å². The molecule has 0 bridgehead atoms. The molecule has 0 aliphatic rings. The van der Waals surface area contributed by atoms with E-state index in [1.165, 1.54) is 43.4 Å². The van der Waals surface area contributed by atoms with Gasteiger partial charge >= 0.3 is 0 Å². The van der Waals surface area contributed by atoms with E-state index in [1.807, 2.05) is 24.3 Å². The molecule has 0 aromatic heterocycles. The maximum absolute atomic E-state index is 12.0. The number of nitro groups is 2. The lowest BCUT2D eigenvalue weighted by Gasteiger charge is -2.26. The summed E-state index contributed by atoms with van der Waals surface area (Å²) in [5, 5.41) is 44.4. The Morgan fingerprint density at radius 3 is 0.984 bits per heavy atom. The Morgan fingerprint density at radius 2 is 0.672 bits per heavy atom. The highest BCUT2D eigenvalue weighted by atomic mass is 16.6. The third-order valence-electron chi connectivity index (χ3n) is 14.0. The number of fused-ring (bicyclic) bond motifs is 8. The third-order valence-corrected chi connectivity index (χ3v) is 14.0. The van der Waals surface area contributed by atoms with Crippen LogP contribution in [0.4, 0.5) is 11.4 Å². The highest BCUT2D eigenvalue weighted by molar-refractivity contribution is 6.48. The van der Waals surface area contributed by atoms with Crippen molar-refractivity contribution in [3.63, 3.8) is 0 Å². The van der Waals surface area contributed by atoms with Crippen molar-refractivity contribution in [3.05, 3.63) is 177 Å². The molecule has 12 aromatic carbocycles. The molecule has 0 fully saturated rings. The van der Waals surface area contributed by atoms with E-state index in [1.54, 1.807) is 24.3 Å². The summed E-state index contributed by atoms with van der Waals surface area (Å²) in [6.45, 7) is 13.5. The first-order valence-corrected chi connectivity index (χ1v) is 21.8. The molecular formula is C58H42N2O4. The van der Waals surface area contributed by atoms with Crippen LogP contribution < -0.4 is 0 Å². The third kappa shape index (κ3) is 5.26. The van der Waals surface area contributed by atoms with Gasteiger partial charge < -0.3 is 0 Å². The van der Waals surface area contributed by atoms with Crippen LogP contribution in [0.15, 0.2) is 146 Å². The van der Waals surface area contributed by atoms with Crippen LogP contribution in [-0.4, -0.2) is 9.85 Å². The second kappa shape index (κ2) is 12.9. The van der Waals surface area contributed by atoms with Crippen LogP contribution in [0.5, 0.6) is 0 Å². The lowest BCUT2D eigenvalue weighted by molar-refractivity contribution is -0.385. The lowest BCUT2D eigenvalue weighted by Crippen LogP contribution is -2.11. The molecule has 0 heterocycles. The first-order chi connectivity index (χ1) is 30.7. The summed E-state index contributed by atoms with van der Waals surface area (Å²) in [5.41, 5.74) is 6.36. The highest BCUT2D eigenvalue weighted by Crippen LogP contribution is 2.55. The van der Waals surface area contributed by atoms with Gasteiger partial charge in [-0.3, -0.25) is 20.2 Å². The van der Waals surface area contributed by atoms with E-state index in [2.05, 4.69) is 139 Å². The fourth-order valence-corrected chi connectivity index (χ4v) is 10.9. The molecule has 12 rings (SSSR count). The molecule has 0 unspecified atom stereocenters. The minimum Gasteiger partial charge on any atom is -0.258 e. The number of rotatable bonds is 4. The molecule has 64 heavy (non-hydrogen) atoms. The lowest BCUT2D eigenvalue weighted by atomic mass is 9.77. The number of nitrogens with zero attached hydrogens (tertiary/aromatic N) is 2. The maximum Gasteiger partial charge on any atom is 0.269 e. The van der Waals surface area contributed by atoms with E-state index in [0.29, 0.717) is 0 Å². The van der Waals surface area contributed by atoms with Gasteiger partial charge in [0.2, 0.25) is 0 Å². The van der Waals surface area contributed by atoms with Gasteiger partial charge in [0.1, 0.15) is 0 Å². The molecule has 6 heteroatoms. The number of non-ortho nitro benzene ring substituents is 2. The first-order valence-electron chi connectivity index (χ1n) is 21.8. The van der Waals surface area contributed by atoms with Gasteiger partial charge in [0.05, 0.1) is 9.85 Å². The van der Waals surface area contributed by atoms with E-state index in [0.717, 1.165) is 86.9 Å². The van der Waals surface area contributed by atoms with Gasteiger partial charge in [-0.15, -0.1) is 0 Å². The molecule has 12 aromatic rings. The molecule has 0 aliphatic carbocycles. The van der Waals surface area contributed by atoms with Crippen molar-refractivity contribution in [3.8, 4) is 22.3 Å². The molecule has 308 valence electrons. The fraction of sp³-hybridized carbons (Fsp3) is 0.138. The zero-order valence-electron chi connectivity index (χ0n) is 36.4.